The molecule has 80 valence electrons. The molecule has 2 heteroatoms. The molecular weight excluding hydrogens is 220 g/mol. The molecule has 1 aliphatic rings. The number of benzene rings is 1. The smallest absolute Gasteiger partial charge is 0.185 e. The van der Waals surface area contributed by atoms with Crippen LogP contribution < -0.4 is 0 Å². The summed E-state index contributed by atoms with van der Waals surface area (Å²) in [6.07, 6.45) is 9.95. The second-order valence-electron chi connectivity index (χ2n) is 3.55. The van der Waals surface area contributed by atoms with Crippen molar-refractivity contribution in [3.63, 3.8) is 0 Å². The lowest BCUT2D eigenvalue weighted by Crippen LogP contribution is -1.93. The Balaban J connectivity index is 2.09. The van der Waals surface area contributed by atoms with E-state index in [0.717, 1.165) is 17.6 Å². The number of hydrogen-bond acceptors (Lipinski definition) is 1. The van der Waals surface area contributed by atoms with Crippen LogP contribution in [0.2, 0.25) is 5.02 Å². The molecule has 0 saturated heterocycles. The van der Waals surface area contributed by atoms with Gasteiger partial charge in [-0.3, -0.25) is 4.79 Å². The Morgan fingerprint density at radius 1 is 1.38 bits per heavy atom. The van der Waals surface area contributed by atoms with Crippen molar-refractivity contribution in [2.45, 2.75) is 6.42 Å². The molecule has 0 heterocycles. The summed E-state index contributed by atoms with van der Waals surface area (Å²) in [5.74, 6) is 0.0359. The lowest BCUT2D eigenvalue weighted by Gasteiger charge is -1.94. The fraction of sp³-hybridized carbons (Fsp3) is 0.0714. The van der Waals surface area contributed by atoms with Gasteiger partial charge < -0.3 is 0 Å². The van der Waals surface area contributed by atoms with Gasteiger partial charge in [0.15, 0.2) is 5.78 Å². The van der Waals surface area contributed by atoms with Crippen LogP contribution in [0.3, 0.4) is 0 Å². The van der Waals surface area contributed by atoms with Gasteiger partial charge in [0.2, 0.25) is 0 Å². The number of hydrogen-bond donors (Lipinski definition) is 0. The Kier molecular flexibility index (Phi) is 3.37. The van der Waals surface area contributed by atoms with Gasteiger partial charge in [0.05, 0.1) is 0 Å². The normalized spacial score (nSPS) is 14.4. The molecule has 0 spiro atoms. The number of allylic oxidation sites excluding steroid dienone is 5. The van der Waals surface area contributed by atoms with Gasteiger partial charge in [-0.15, -0.1) is 0 Å². The third kappa shape index (κ3) is 2.71. The molecule has 1 nitrogen and oxygen atoms in total. The summed E-state index contributed by atoms with van der Waals surface area (Å²) in [7, 11) is 0. The van der Waals surface area contributed by atoms with Crippen LogP contribution in [0.15, 0.2) is 54.1 Å². The Labute approximate surface area is 99.7 Å². The van der Waals surface area contributed by atoms with Crippen LogP contribution in [0, 0.1) is 0 Å². The fourth-order valence-corrected chi connectivity index (χ4v) is 1.72. The van der Waals surface area contributed by atoms with Gasteiger partial charge >= 0.3 is 0 Å². The van der Waals surface area contributed by atoms with Crippen molar-refractivity contribution in [1.29, 1.82) is 0 Å². The molecule has 1 aromatic rings. The van der Waals surface area contributed by atoms with Crippen molar-refractivity contribution in [3.05, 3.63) is 64.7 Å². The van der Waals surface area contributed by atoms with Crippen LogP contribution in [0.1, 0.15) is 12.0 Å². The molecule has 0 radical (unpaired) electrons. The maximum absolute atomic E-state index is 11.7. The fourth-order valence-electron chi connectivity index (χ4n) is 1.52. The van der Waals surface area contributed by atoms with Crippen molar-refractivity contribution < 1.29 is 4.79 Å². The van der Waals surface area contributed by atoms with Gasteiger partial charge in [0, 0.05) is 10.6 Å². The number of ketones is 1. The SMILES string of the molecule is O=C(/C=C/c1cccc(Cl)c1)C1=CCC=C1. The Morgan fingerprint density at radius 2 is 2.25 bits per heavy atom. The predicted octanol–water partition coefficient (Wildman–Crippen LogP) is 3.81. The molecule has 0 N–H and O–H groups in total. The highest BCUT2D eigenvalue weighted by molar-refractivity contribution is 6.30. The first-order valence-electron chi connectivity index (χ1n) is 5.10. The standard InChI is InChI=1S/C14H11ClO/c15-13-7-3-4-11(10-13)8-9-14(16)12-5-1-2-6-12/h1,3-10H,2H2/b9-8+. The maximum Gasteiger partial charge on any atom is 0.185 e. The summed E-state index contributed by atoms with van der Waals surface area (Å²) in [5, 5.41) is 0.676. The van der Waals surface area contributed by atoms with E-state index in [1.54, 1.807) is 12.2 Å². The first-order chi connectivity index (χ1) is 7.75. The lowest BCUT2D eigenvalue weighted by molar-refractivity contribution is -0.111. The summed E-state index contributed by atoms with van der Waals surface area (Å²) in [6.45, 7) is 0. The third-order valence-corrected chi connectivity index (χ3v) is 2.57. The minimum atomic E-state index is 0.0359. The number of rotatable bonds is 3. The van der Waals surface area contributed by atoms with Gasteiger partial charge in [-0.2, -0.15) is 0 Å². The average Bonchev–Trinajstić information content (AvgIpc) is 2.79. The summed E-state index contributed by atoms with van der Waals surface area (Å²) >= 11 is 5.85. The van der Waals surface area contributed by atoms with E-state index in [4.69, 9.17) is 11.6 Å². The molecule has 0 aliphatic heterocycles. The van der Waals surface area contributed by atoms with Crippen molar-refractivity contribution in [2.75, 3.05) is 0 Å². The number of carbonyl (C=O) groups is 1. The van der Waals surface area contributed by atoms with E-state index in [1.807, 2.05) is 42.5 Å². The van der Waals surface area contributed by atoms with Crippen LogP contribution >= 0.6 is 11.6 Å². The number of carbonyl (C=O) groups excluding carboxylic acids is 1. The Morgan fingerprint density at radius 3 is 2.94 bits per heavy atom. The predicted molar refractivity (Wildman–Crippen MR) is 67.3 cm³/mol. The molecule has 2 rings (SSSR count). The second-order valence-corrected chi connectivity index (χ2v) is 3.99. The maximum atomic E-state index is 11.7. The van der Waals surface area contributed by atoms with Gasteiger partial charge in [0.25, 0.3) is 0 Å². The summed E-state index contributed by atoms with van der Waals surface area (Å²) in [6, 6.07) is 7.41. The van der Waals surface area contributed by atoms with E-state index < -0.39 is 0 Å². The summed E-state index contributed by atoms with van der Waals surface area (Å²) < 4.78 is 0. The van der Waals surface area contributed by atoms with Crippen LogP contribution in [0.5, 0.6) is 0 Å². The van der Waals surface area contributed by atoms with Crippen LogP contribution in [-0.2, 0) is 4.79 Å². The van der Waals surface area contributed by atoms with Gasteiger partial charge in [0.1, 0.15) is 0 Å². The first kappa shape index (κ1) is 10.9. The van der Waals surface area contributed by atoms with Gasteiger partial charge in [-0.1, -0.05) is 48.0 Å². The topological polar surface area (TPSA) is 17.1 Å². The zero-order chi connectivity index (χ0) is 11.4. The molecule has 0 fully saturated rings. The van der Waals surface area contributed by atoms with E-state index in [2.05, 4.69) is 0 Å². The highest BCUT2D eigenvalue weighted by Gasteiger charge is 2.04. The lowest BCUT2D eigenvalue weighted by atomic mass is 10.1. The molecule has 1 aromatic carbocycles. The quantitative estimate of drug-likeness (QED) is 0.722. The van der Waals surface area contributed by atoms with Crippen molar-refractivity contribution >= 4 is 23.5 Å². The Bertz CT molecular complexity index is 495. The van der Waals surface area contributed by atoms with Gasteiger partial charge in [-0.05, 0) is 30.2 Å². The molecule has 0 bridgehead atoms. The molecule has 0 aromatic heterocycles. The van der Waals surface area contributed by atoms with Gasteiger partial charge in [-0.25, -0.2) is 0 Å². The molecule has 1 aliphatic carbocycles. The monoisotopic (exact) mass is 230 g/mol. The Hall–Kier alpha value is -1.60. The first-order valence-corrected chi connectivity index (χ1v) is 5.48. The highest BCUT2D eigenvalue weighted by Crippen LogP contribution is 2.14. The van der Waals surface area contributed by atoms with E-state index in [0.29, 0.717) is 5.02 Å². The number of halogens is 1. The molecule has 0 unspecified atom stereocenters. The zero-order valence-corrected chi connectivity index (χ0v) is 9.45. The van der Waals surface area contributed by atoms with Crippen molar-refractivity contribution in [1.82, 2.24) is 0 Å². The van der Waals surface area contributed by atoms with E-state index in [1.165, 1.54) is 0 Å². The molecule has 16 heavy (non-hydrogen) atoms. The van der Waals surface area contributed by atoms with Crippen LogP contribution in [0.4, 0.5) is 0 Å². The third-order valence-electron chi connectivity index (χ3n) is 2.33. The average molecular weight is 231 g/mol. The van der Waals surface area contributed by atoms with E-state index in [-0.39, 0.29) is 5.78 Å². The van der Waals surface area contributed by atoms with Crippen LogP contribution in [-0.4, -0.2) is 5.78 Å². The zero-order valence-electron chi connectivity index (χ0n) is 8.69. The largest absolute Gasteiger partial charge is 0.289 e. The van der Waals surface area contributed by atoms with E-state index >= 15 is 0 Å². The highest BCUT2D eigenvalue weighted by atomic mass is 35.5. The summed E-state index contributed by atoms with van der Waals surface area (Å²) in [5.41, 5.74) is 1.70. The molecule has 0 amide bonds. The van der Waals surface area contributed by atoms with Crippen LogP contribution in [0.25, 0.3) is 6.08 Å². The summed E-state index contributed by atoms with van der Waals surface area (Å²) in [4.78, 5) is 11.7. The second kappa shape index (κ2) is 4.95. The van der Waals surface area contributed by atoms with Crippen molar-refractivity contribution in [2.24, 2.45) is 0 Å². The minimum absolute atomic E-state index is 0.0359. The molecule has 0 saturated carbocycles. The molecular formula is C14H11ClO. The minimum Gasteiger partial charge on any atom is -0.289 e. The van der Waals surface area contributed by atoms with Crippen molar-refractivity contribution in [3.8, 4) is 0 Å². The van der Waals surface area contributed by atoms with E-state index in [9.17, 15) is 4.79 Å². The molecule has 0 atom stereocenters.